The number of rotatable bonds is 5. The zero-order chi connectivity index (χ0) is 15.4. The lowest BCUT2D eigenvalue weighted by atomic mass is 9.92. The van der Waals surface area contributed by atoms with Crippen molar-refractivity contribution in [2.24, 2.45) is 0 Å². The van der Waals surface area contributed by atoms with Gasteiger partial charge in [0.25, 0.3) is 0 Å². The average Bonchev–Trinajstić information content (AvgIpc) is 2.99. The van der Waals surface area contributed by atoms with Gasteiger partial charge in [-0.3, -0.25) is 0 Å². The van der Waals surface area contributed by atoms with Crippen LogP contribution in [0.25, 0.3) is 0 Å². The molecule has 1 aromatic carbocycles. The summed E-state index contributed by atoms with van der Waals surface area (Å²) in [6.45, 7) is 2.72. The molecule has 118 valence electrons. The highest BCUT2D eigenvalue weighted by Gasteiger charge is 2.33. The number of piperidine rings is 1. The molecule has 0 bridgehead atoms. The number of benzene rings is 1. The second kappa shape index (κ2) is 6.54. The molecule has 22 heavy (non-hydrogen) atoms. The summed E-state index contributed by atoms with van der Waals surface area (Å²) in [7, 11) is 0. The summed E-state index contributed by atoms with van der Waals surface area (Å²) in [6.07, 6.45) is 5.72. The SMILES string of the molecule is OC1(Cn2ccnn2)CCCN(CCc2ccccc2F)C1. The molecule has 1 aliphatic rings. The van der Waals surface area contributed by atoms with Crippen molar-refractivity contribution in [1.82, 2.24) is 19.9 Å². The molecule has 1 fully saturated rings. The number of likely N-dealkylation sites (tertiary alicyclic amines) is 1. The van der Waals surface area contributed by atoms with E-state index in [-0.39, 0.29) is 5.82 Å². The van der Waals surface area contributed by atoms with E-state index in [1.165, 1.54) is 6.07 Å². The van der Waals surface area contributed by atoms with Gasteiger partial charge in [0, 0.05) is 19.3 Å². The number of hydrogen-bond acceptors (Lipinski definition) is 4. The summed E-state index contributed by atoms with van der Waals surface area (Å²) < 4.78 is 15.3. The number of hydrogen-bond donors (Lipinski definition) is 1. The quantitative estimate of drug-likeness (QED) is 0.909. The Bertz CT molecular complexity index is 604. The summed E-state index contributed by atoms with van der Waals surface area (Å²) >= 11 is 0. The molecule has 1 saturated heterocycles. The van der Waals surface area contributed by atoms with E-state index in [4.69, 9.17) is 0 Å². The van der Waals surface area contributed by atoms with Crippen molar-refractivity contribution in [3.63, 3.8) is 0 Å². The fraction of sp³-hybridized carbons (Fsp3) is 0.500. The van der Waals surface area contributed by atoms with Crippen LogP contribution < -0.4 is 0 Å². The summed E-state index contributed by atoms with van der Waals surface area (Å²) in [5.74, 6) is -0.155. The maximum atomic E-state index is 13.7. The van der Waals surface area contributed by atoms with Crippen LogP contribution in [0.2, 0.25) is 0 Å². The third-order valence-electron chi connectivity index (χ3n) is 4.22. The number of β-amino-alcohol motifs (C(OH)–C–C–N with tert-alkyl or cyclic N) is 1. The Kier molecular flexibility index (Phi) is 4.49. The first kappa shape index (κ1) is 15.1. The molecule has 2 aromatic rings. The molecule has 1 aliphatic heterocycles. The predicted octanol–water partition coefficient (Wildman–Crippen LogP) is 1.49. The summed E-state index contributed by atoms with van der Waals surface area (Å²) in [4.78, 5) is 2.20. The number of nitrogens with zero attached hydrogens (tertiary/aromatic N) is 4. The Morgan fingerprint density at radius 3 is 2.95 bits per heavy atom. The molecule has 1 N–H and O–H groups in total. The first-order valence-electron chi connectivity index (χ1n) is 7.67. The molecule has 0 amide bonds. The summed E-state index contributed by atoms with van der Waals surface area (Å²) in [5.41, 5.74) is -0.0610. The van der Waals surface area contributed by atoms with Crippen LogP contribution in [0.3, 0.4) is 0 Å². The van der Waals surface area contributed by atoms with Crippen molar-refractivity contribution >= 4 is 0 Å². The molecule has 6 heteroatoms. The van der Waals surface area contributed by atoms with Crippen LogP contribution in [0.1, 0.15) is 18.4 Å². The fourth-order valence-electron chi connectivity index (χ4n) is 3.12. The molecule has 3 rings (SSSR count). The summed E-state index contributed by atoms with van der Waals surface area (Å²) in [6, 6.07) is 6.87. The molecule has 1 aromatic heterocycles. The third kappa shape index (κ3) is 3.69. The van der Waals surface area contributed by atoms with Gasteiger partial charge in [-0.25, -0.2) is 9.07 Å². The van der Waals surface area contributed by atoms with E-state index in [1.807, 2.05) is 12.1 Å². The van der Waals surface area contributed by atoms with Crippen molar-refractivity contribution in [1.29, 1.82) is 0 Å². The monoisotopic (exact) mass is 304 g/mol. The van der Waals surface area contributed by atoms with Crippen LogP contribution in [0, 0.1) is 5.82 Å². The van der Waals surface area contributed by atoms with Gasteiger partial charge in [-0.05, 0) is 37.4 Å². The second-order valence-corrected chi connectivity index (χ2v) is 6.05. The molecule has 5 nitrogen and oxygen atoms in total. The first-order valence-corrected chi connectivity index (χ1v) is 7.67. The molecule has 0 aliphatic carbocycles. The number of aromatic nitrogens is 3. The van der Waals surface area contributed by atoms with Crippen LogP contribution in [-0.2, 0) is 13.0 Å². The van der Waals surface area contributed by atoms with Gasteiger partial charge < -0.3 is 10.0 Å². The minimum Gasteiger partial charge on any atom is -0.387 e. The van der Waals surface area contributed by atoms with E-state index in [9.17, 15) is 9.50 Å². The molecule has 1 unspecified atom stereocenters. The van der Waals surface area contributed by atoms with Crippen molar-refractivity contribution < 1.29 is 9.50 Å². The summed E-state index contributed by atoms with van der Waals surface area (Å²) in [5, 5.41) is 18.5. The third-order valence-corrected chi connectivity index (χ3v) is 4.22. The minimum atomic E-state index is -0.790. The zero-order valence-corrected chi connectivity index (χ0v) is 12.5. The Hall–Kier alpha value is -1.79. The first-order chi connectivity index (χ1) is 10.6. The van der Waals surface area contributed by atoms with Gasteiger partial charge in [-0.1, -0.05) is 23.4 Å². The maximum absolute atomic E-state index is 13.7. The van der Waals surface area contributed by atoms with Gasteiger partial charge in [-0.2, -0.15) is 0 Å². The Morgan fingerprint density at radius 1 is 1.32 bits per heavy atom. The predicted molar refractivity (Wildman–Crippen MR) is 80.7 cm³/mol. The fourth-order valence-corrected chi connectivity index (χ4v) is 3.12. The van der Waals surface area contributed by atoms with Gasteiger partial charge in [0.1, 0.15) is 5.82 Å². The van der Waals surface area contributed by atoms with E-state index in [0.29, 0.717) is 19.5 Å². The Morgan fingerprint density at radius 2 is 2.18 bits per heavy atom. The van der Waals surface area contributed by atoms with Gasteiger partial charge in [0.05, 0.1) is 18.3 Å². The normalized spacial score (nSPS) is 22.8. The van der Waals surface area contributed by atoms with Crippen LogP contribution in [0.4, 0.5) is 4.39 Å². The number of halogens is 1. The van der Waals surface area contributed by atoms with Gasteiger partial charge in [-0.15, -0.1) is 5.10 Å². The van der Waals surface area contributed by atoms with Crippen molar-refractivity contribution in [2.45, 2.75) is 31.4 Å². The lowest BCUT2D eigenvalue weighted by Crippen LogP contribution is -2.51. The highest BCUT2D eigenvalue weighted by Crippen LogP contribution is 2.23. The van der Waals surface area contributed by atoms with Gasteiger partial charge in [0.15, 0.2) is 0 Å². The smallest absolute Gasteiger partial charge is 0.126 e. The lowest BCUT2D eigenvalue weighted by Gasteiger charge is -2.39. The molecular formula is C16H21FN4O. The van der Waals surface area contributed by atoms with E-state index in [0.717, 1.165) is 31.5 Å². The van der Waals surface area contributed by atoms with Crippen molar-refractivity contribution in [2.75, 3.05) is 19.6 Å². The van der Waals surface area contributed by atoms with Crippen molar-refractivity contribution in [3.8, 4) is 0 Å². The molecule has 1 atom stereocenters. The van der Waals surface area contributed by atoms with Gasteiger partial charge >= 0.3 is 0 Å². The maximum Gasteiger partial charge on any atom is 0.126 e. The van der Waals surface area contributed by atoms with E-state index in [2.05, 4.69) is 15.2 Å². The molecule has 0 saturated carbocycles. The molecule has 0 radical (unpaired) electrons. The van der Waals surface area contributed by atoms with Crippen LogP contribution in [-0.4, -0.2) is 50.2 Å². The minimum absolute atomic E-state index is 0.155. The average molecular weight is 304 g/mol. The van der Waals surface area contributed by atoms with Crippen LogP contribution in [0.15, 0.2) is 36.7 Å². The largest absolute Gasteiger partial charge is 0.387 e. The van der Waals surface area contributed by atoms with Crippen LogP contribution >= 0.6 is 0 Å². The second-order valence-electron chi connectivity index (χ2n) is 6.05. The Labute approximate surface area is 129 Å². The lowest BCUT2D eigenvalue weighted by molar-refractivity contribution is -0.0452. The highest BCUT2D eigenvalue weighted by molar-refractivity contribution is 5.17. The van der Waals surface area contributed by atoms with E-state index in [1.54, 1.807) is 23.1 Å². The van der Waals surface area contributed by atoms with E-state index < -0.39 is 5.60 Å². The zero-order valence-electron chi connectivity index (χ0n) is 12.5. The van der Waals surface area contributed by atoms with Crippen LogP contribution in [0.5, 0.6) is 0 Å². The number of aliphatic hydroxyl groups is 1. The standard InChI is InChI=1S/C16H21FN4O/c17-15-5-2-1-4-14(15)6-10-20-9-3-7-16(22,12-20)13-21-11-8-18-19-21/h1-2,4-5,8,11,22H,3,6-7,9-10,12-13H2. The van der Waals surface area contributed by atoms with E-state index >= 15 is 0 Å². The highest BCUT2D eigenvalue weighted by atomic mass is 19.1. The van der Waals surface area contributed by atoms with Crippen molar-refractivity contribution in [3.05, 3.63) is 48.0 Å². The molecule has 0 spiro atoms. The Balaban J connectivity index is 1.57. The molecule has 2 heterocycles. The van der Waals surface area contributed by atoms with Gasteiger partial charge in [0.2, 0.25) is 0 Å². The molecular weight excluding hydrogens is 283 g/mol. The topological polar surface area (TPSA) is 54.2 Å².